The highest BCUT2D eigenvalue weighted by Gasteiger charge is 2.33. The lowest BCUT2D eigenvalue weighted by atomic mass is 10.1. The molecule has 4 heterocycles. The molecular formula is C20H18N6O2S. The van der Waals surface area contributed by atoms with Gasteiger partial charge in [0.2, 0.25) is 5.88 Å². The van der Waals surface area contributed by atoms with Gasteiger partial charge in [0, 0.05) is 29.6 Å². The average molecular weight is 406 g/mol. The Morgan fingerprint density at radius 1 is 1.31 bits per heavy atom. The number of pyridine rings is 1. The molecule has 9 heteroatoms. The first-order chi connectivity index (χ1) is 14.2. The first kappa shape index (κ1) is 17.6. The Kier molecular flexibility index (Phi) is 4.36. The summed E-state index contributed by atoms with van der Waals surface area (Å²) in [6.45, 7) is 0.598. The van der Waals surface area contributed by atoms with Crippen LogP contribution in [0.25, 0.3) is 21.3 Å². The second-order valence-electron chi connectivity index (χ2n) is 6.72. The highest BCUT2D eigenvalue weighted by Crippen LogP contribution is 2.32. The molecule has 0 spiro atoms. The van der Waals surface area contributed by atoms with Crippen molar-refractivity contribution in [2.75, 3.05) is 23.9 Å². The number of carbonyl (C=O) groups is 1. The van der Waals surface area contributed by atoms with Crippen molar-refractivity contribution in [3.63, 3.8) is 0 Å². The summed E-state index contributed by atoms with van der Waals surface area (Å²) in [5.41, 5.74) is 5.41. The second-order valence-corrected chi connectivity index (χ2v) is 7.61. The number of benzene rings is 1. The van der Waals surface area contributed by atoms with Gasteiger partial charge in [0.1, 0.15) is 11.9 Å². The van der Waals surface area contributed by atoms with E-state index in [9.17, 15) is 4.79 Å². The van der Waals surface area contributed by atoms with Crippen LogP contribution in [0.1, 0.15) is 6.42 Å². The van der Waals surface area contributed by atoms with E-state index in [1.807, 2.05) is 35.8 Å². The lowest BCUT2D eigenvalue weighted by Crippen LogP contribution is -2.33. The highest BCUT2D eigenvalue weighted by molar-refractivity contribution is 7.16. The summed E-state index contributed by atoms with van der Waals surface area (Å²) in [4.78, 5) is 23.5. The monoisotopic (exact) mass is 406 g/mol. The van der Waals surface area contributed by atoms with Gasteiger partial charge in [-0.05, 0) is 36.8 Å². The normalized spacial score (nSPS) is 16.5. The van der Waals surface area contributed by atoms with Crippen LogP contribution in [0.15, 0.2) is 48.2 Å². The van der Waals surface area contributed by atoms with Crippen molar-refractivity contribution in [3.8, 4) is 17.0 Å². The summed E-state index contributed by atoms with van der Waals surface area (Å²) < 4.78 is 6.55. The molecule has 146 valence electrons. The van der Waals surface area contributed by atoms with E-state index < -0.39 is 0 Å². The van der Waals surface area contributed by atoms with Crippen LogP contribution >= 0.6 is 11.3 Å². The van der Waals surface area contributed by atoms with Crippen LogP contribution < -0.4 is 15.0 Å². The number of fused-ring (bicyclic) bond motifs is 1. The molecule has 0 radical (unpaired) electrons. The molecule has 2 N–H and O–H groups in total. The Morgan fingerprint density at radius 3 is 3.07 bits per heavy atom. The third kappa shape index (κ3) is 3.19. The standard InChI is InChI=1S/C20H18N6O2S/c1-28-19-14(12-9-22-23-10-12)3-5-18(25-19)26-7-6-16(20(26)27)24-13-2-4-15-17(8-13)29-11-21-15/h2-5,8-11,16,24H,6-7H2,1H3,(H,22,23). The number of rotatable bonds is 5. The van der Waals surface area contributed by atoms with Crippen molar-refractivity contribution >= 4 is 39.0 Å². The number of aromatic nitrogens is 4. The highest BCUT2D eigenvalue weighted by atomic mass is 32.1. The van der Waals surface area contributed by atoms with Gasteiger partial charge in [-0.3, -0.25) is 14.8 Å². The fourth-order valence-electron chi connectivity index (χ4n) is 3.54. The molecule has 0 aliphatic carbocycles. The first-order valence-corrected chi connectivity index (χ1v) is 10.1. The molecule has 1 aliphatic rings. The Labute approximate surface area is 170 Å². The maximum atomic E-state index is 13.0. The fraction of sp³-hybridized carbons (Fsp3) is 0.200. The van der Waals surface area contributed by atoms with Gasteiger partial charge in [0.05, 0.1) is 29.0 Å². The number of hydrogen-bond acceptors (Lipinski definition) is 7. The van der Waals surface area contributed by atoms with Gasteiger partial charge in [-0.15, -0.1) is 11.3 Å². The van der Waals surface area contributed by atoms with Gasteiger partial charge >= 0.3 is 0 Å². The molecule has 1 aliphatic heterocycles. The Hall–Kier alpha value is -3.46. The number of thiazole rings is 1. The van der Waals surface area contributed by atoms with Gasteiger partial charge in [-0.25, -0.2) is 4.98 Å². The predicted octanol–water partition coefficient (Wildman–Crippen LogP) is 3.31. The average Bonchev–Trinajstić information content (AvgIpc) is 3.49. The van der Waals surface area contributed by atoms with Crippen LogP contribution in [-0.2, 0) is 4.79 Å². The molecule has 1 atom stereocenters. The number of carbonyl (C=O) groups excluding carboxylic acids is 1. The summed E-state index contributed by atoms with van der Waals surface area (Å²) in [5.74, 6) is 1.05. The smallest absolute Gasteiger partial charge is 0.250 e. The molecule has 0 saturated carbocycles. The van der Waals surface area contributed by atoms with Crippen LogP contribution in [0.5, 0.6) is 5.88 Å². The molecule has 1 amide bonds. The minimum Gasteiger partial charge on any atom is -0.480 e. The van der Waals surface area contributed by atoms with Gasteiger partial charge < -0.3 is 10.1 Å². The SMILES string of the molecule is COc1nc(N2CCC(Nc3ccc4ncsc4c3)C2=O)ccc1-c1cn[nH]c1. The number of nitrogens with one attached hydrogen (secondary N) is 2. The van der Waals surface area contributed by atoms with Crippen molar-refractivity contribution in [2.45, 2.75) is 12.5 Å². The molecule has 1 unspecified atom stereocenters. The number of amides is 1. The molecule has 1 saturated heterocycles. The second kappa shape index (κ2) is 7.17. The lowest BCUT2D eigenvalue weighted by molar-refractivity contribution is -0.117. The quantitative estimate of drug-likeness (QED) is 0.528. The van der Waals surface area contributed by atoms with E-state index in [2.05, 4.69) is 25.5 Å². The van der Waals surface area contributed by atoms with E-state index in [4.69, 9.17) is 4.74 Å². The van der Waals surface area contributed by atoms with Crippen molar-refractivity contribution in [1.29, 1.82) is 0 Å². The van der Waals surface area contributed by atoms with Crippen molar-refractivity contribution < 1.29 is 9.53 Å². The first-order valence-electron chi connectivity index (χ1n) is 9.18. The summed E-state index contributed by atoms with van der Waals surface area (Å²) in [6, 6.07) is 9.41. The van der Waals surface area contributed by atoms with Crippen molar-refractivity contribution in [1.82, 2.24) is 20.2 Å². The van der Waals surface area contributed by atoms with Crippen molar-refractivity contribution in [3.05, 3.63) is 48.2 Å². The molecule has 29 heavy (non-hydrogen) atoms. The van der Waals surface area contributed by atoms with E-state index in [1.165, 1.54) is 0 Å². The summed E-state index contributed by atoms with van der Waals surface area (Å²) in [5, 5.41) is 10.1. The van der Waals surface area contributed by atoms with Crippen LogP contribution in [0, 0.1) is 0 Å². The maximum absolute atomic E-state index is 13.0. The summed E-state index contributed by atoms with van der Waals surface area (Å²) >= 11 is 1.58. The zero-order valence-corrected chi connectivity index (χ0v) is 16.4. The molecule has 1 aromatic carbocycles. The van der Waals surface area contributed by atoms with Crippen molar-refractivity contribution in [2.24, 2.45) is 0 Å². The minimum absolute atomic E-state index is 0.0000145. The van der Waals surface area contributed by atoms with Gasteiger partial charge in [0.15, 0.2) is 0 Å². The number of anilines is 2. The van der Waals surface area contributed by atoms with E-state index in [0.717, 1.165) is 27.0 Å². The third-order valence-electron chi connectivity index (χ3n) is 5.00. The number of H-pyrrole nitrogens is 1. The van der Waals surface area contributed by atoms with Crippen LogP contribution in [-0.4, -0.2) is 45.8 Å². The maximum Gasteiger partial charge on any atom is 0.250 e. The molecule has 5 rings (SSSR count). The third-order valence-corrected chi connectivity index (χ3v) is 5.79. The van der Waals surface area contributed by atoms with Gasteiger partial charge in [-0.1, -0.05) is 0 Å². The largest absolute Gasteiger partial charge is 0.480 e. The zero-order valence-electron chi connectivity index (χ0n) is 15.6. The van der Waals surface area contributed by atoms with Crippen LogP contribution in [0.3, 0.4) is 0 Å². The lowest BCUT2D eigenvalue weighted by Gasteiger charge is -2.18. The Bertz CT molecular complexity index is 1170. The minimum atomic E-state index is -0.290. The summed E-state index contributed by atoms with van der Waals surface area (Å²) in [7, 11) is 1.57. The Balaban J connectivity index is 1.36. The molecular weight excluding hydrogens is 388 g/mol. The molecule has 1 fully saturated rings. The predicted molar refractivity (Wildman–Crippen MR) is 112 cm³/mol. The van der Waals surface area contributed by atoms with E-state index in [-0.39, 0.29) is 11.9 Å². The fourth-order valence-corrected chi connectivity index (χ4v) is 4.26. The Morgan fingerprint density at radius 2 is 2.24 bits per heavy atom. The number of ether oxygens (including phenoxy) is 1. The number of aromatic amines is 1. The number of hydrogen-bond donors (Lipinski definition) is 2. The van der Waals surface area contributed by atoms with Crippen LogP contribution in [0.2, 0.25) is 0 Å². The van der Waals surface area contributed by atoms with Gasteiger partial charge in [0.25, 0.3) is 5.91 Å². The van der Waals surface area contributed by atoms with E-state index in [1.54, 1.807) is 35.7 Å². The topological polar surface area (TPSA) is 96.0 Å². The van der Waals surface area contributed by atoms with E-state index >= 15 is 0 Å². The molecule has 8 nitrogen and oxygen atoms in total. The number of nitrogens with zero attached hydrogens (tertiary/aromatic N) is 4. The molecule has 4 aromatic rings. The summed E-state index contributed by atoms with van der Waals surface area (Å²) in [6.07, 6.45) is 4.19. The zero-order chi connectivity index (χ0) is 19.8. The number of methoxy groups -OCH3 is 1. The molecule has 3 aromatic heterocycles. The van der Waals surface area contributed by atoms with E-state index in [0.29, 0.717) is 24.7 Å². The van der Waals surface area contributed by atoms with Gasteiger partial charge in [-0.2, -0.15) is 10.1 Å². The van der Waals surface area contributed by atoms with Crippen LogP contribution in [0.4, 0.5) is 11.5 Å². The molecule has 0 bridgehead atoms.